The summed E-state index contributed by atoms with van der Waals surface area (Å²) in [6.45, 7) is 2.51. The lowest BCUT2D eigenvalue weighted by Gasteiger charge is -2.10. The maximum Gasteiger partial charge on any atom is 0.419 e. The normalized spacial score (nSPS) is 11.8. The molecule has 2 rings (SSSR count). The molecular weight excluding hydrogens is 262 g/mol. The zero-order chi connectivity index (χ0) is 14.0. The van der Waals surface area contributed by atoms with Gasteiger partial charge in [0.1, 0.15) is 12.1 Å². The van der Waals surface area contributed by atoms with Gasteiger partial charge >= 0.3 is 6.18 Å². The van der Waals surface area contributed by atoms with E-state index >= 15 is 0 Å². The first-order chi connectivity index (χ1) is 8.93. The molecule has 0 amide bonds. The smallest absolute Gasteiger partial charge is 0.314 e. The Morgan fingerprint density at radius 1 is 1.26 bits per heavy atom. The van der Waals surface area contributed by atoms with Gasteiger partial charge in [-0.15, -0.1) is 10.2 Å². The molecule has 0 saturated carbocycles. The number of aromatic nitrogens is 3. The molecule has 0 fully saturated rings. The van der Waals surface area contributed by atoms with Crippen LogP contribution < -0.4 is 0 Å². The maximum absolute atomic E-state index is 13.2. The highest BCUT2D eigenvalue weighted by Crippen LogP contribution is 2.33. The molecule has 0 unspecified atom stereocenters. The lowest BCUT2D eigenvalue weighted by atomic mass is 10.1. The number of aryl methyl sites for hydroxylation is 1. The molecule has 1 aromatic heterocycles. The molecule has 0 saturated heterocycles. The summed E-state index contributed by atoms with van der Waals surface area (Å²) in [5, 5.41) is 7.45. The van der Waals surface area contributed by atoms with Gasteiger partial charge in [0.2, 0.25) is 0 Å². The van der Waals surface area contributed by atoms with Gasteiger partial charge in [-0.3, -0.25) is 0 Å². The van der Waals surface area contributed by atoms with E-state index in [4.69, 9.17) is 0 Å². The summed E-state index contributed by atoms with van der Waals surface area (Å²) in [5.74, 6) is -0.995. The maximum atomic E-state index is 13.2. The number of benzene rings is 1. The van der Waals surface area contributed by atoms with E-state index in [2.05, 4.69) is 10.2 Å². The summed E-state index contributed by atoms with van der Waals surface area (Å²) in [6.07, 6.45) is -2.50. The number of rotatable bonds is 3. The Morgan fingerprint density at radius 2 is 2.00 bits per heavy atom. The van der Waals surface area contributed by atoms with Crippen molar-refractivity contribution in [3.05, 3.63) is 35.9 Å². The molecule has 7 heteroatoms. The van der Waals surface area contributed by atoms with E-state index in [1.165, 1.54) is 12.4 Å². The molecule has 0 spiro atoms. The quantitative estimate of drug-likeness (QED) is 0.801. The van der Waals surface area contributed by atoms with Crippen molar-refractivity contribution in [2.75, 3.05) is 0 Å². The van der Waals surface area contributed by atoms with Gasteiger partial charge in [-0.2, -0.15) is 13.2 Å². The summed E-state index contributed by atoms with van der Waals surface area (Å²) >= 11 is 0. The van der Waals surface area contributed by atoms with Crippen LogP contribution in [0.2, 0.25) is 0 Å². The fraction of sp³-hybridized carbons (Fsp3) is 0.333. The SMILES string of the molecule is CCCn1cnnc1-c1ccc(F)c(C(F)(F)F)c1. The molecule has 1 heterocycles. The Morgan fingerprint density at radius 3 is 2.63 bits per heavy atom. The minimum Gasteiger partial charge on any atom is -0.314 e. The standard InChI is InChI=1S/C12H11F4N3/c1-2-5-19-7-17-18-11(19)8-3-4-10(13)9(6-8)12(14,15)16/h3-4,6-7H,2,5H2,1H3. The van der Waals surface area contributed by atoms with E-state index in [1.807, 2.05) is 6.92 Å². The zero-order valence-electron chi connectivity index (χ0n) is 10.1. The highest BCUT2D eigenvalue weighted by atomic mass is 19.4. The van der Waals surface area contributed by atoms with Gasteiger partial charge in [-0.1, -0.05) is 6.92 Å². The molecule has 1 aromatic carbocycles. The van der Waals surface area contributed by atoms with Crippen LogP contribution in [-0.2, 0) is 12.7 Å². The van der Waals surface area contributed by atoms with Gasteiger partial charge < -0.3 is 4.57 Å². The first kappa shape index (κ1) is 13.5. The third kappa shape index (κ3) is 2.74. The van der Waals surface area contributed by atoms with Gasteiger partial charge in [0.05, 0.1) is 5.56 Å². The minimum absolute atomic E-state index is 0.194. The van der Waals surface area contributed by atoms with E-state index < -0.39 is 17.6 Å². The first-order valence-corrected chi connectivity index (χ1v) is 5.68. The number of halogens is 4. The van der Waals surface area contributed by atoms with E-state index in [1.54, 1.807) is 4.57 Å². The van der Waals surface area contributed by atoms with E-state index in [0.717, 1.165) is 18.6 Å². The van der Waals surface area contributed by atoms with Gasteiger partial charge in [-0.25, -0.2) is 4.39 Å². The summed E-state index contributed by atoms with van der Waals surface area (Å²) in [6, 6.07) is 2.81. The fourth-order valence-corrected chi connectivity index (χ4v) is 1.76. The van der Waals surface area contributed by atoms with Crippen LogP contribution in [0.25, 0.3) is 11.4 Å². The predicted molar refractivity (Wildman–Crippen MR) is 60.7 cm³/mol. The Bertz CT molecular complexity index is 575. The minimum atomic E-state index is -4.73. The van der Waals surface area contributed by atoms with Crippen LogP contribution in [0.15, 0.2) is 24.5 Å². The largest absolute Gasteiger partial charge is 0.419 e. The topological polar surface area (TPSA) is 30.7 Å². The Hall–Kier alpha value is -1.92. The molecule has 3 nitrogen and oxygen atoms in total. The molecule has 0 aliphatic rings. The third-order valence-corrected chi connectivity index (χ3v) is 2.61. The van der Waals surface area contributed by atoms with Crippen LogP contribution in [0.5, 0.6) is 0 Å². The van der Waals surface area contributed by atoms with Crippen molar-refractivity contribution in [2.45, 2.75) is 26.1 Å². The van der Waals surface area contributed by atoms with Crippen molar-refractivity contribution in [2.24, 2.45) is 0 Å². The second-order valence-corrected chi connectivity index (χ2v) is 4.04. The molecule has 0 radical (unpaired) electrons. The predicted octanol–water partition coefficient (Wildman–Crippen LogP) is 3.51. The van der Waals surface area contributed by atoms with Crippen molar-refractivity contribution in [1.29, 1.82) is 0 Å². The van der Waals surface area contributed by atoms with Crippen LogP contribution in [0.3, 0.4) is 0 Å². The Kier molecular flexibility index (Phi) is 3.55. The highest BCUT2D eigenvalue weighted by molar-refractivity contribution is 5.56. The van der Waals surface area contributed by atoms with E-state index in [9.17, 15) is 17.6 Å². The van der Waals surface area contributed by atoms with Crippen LogP contribution in [0.4, 0.5) is 17.6 Å². The summed E-state index contributed by atoms with van der Waals surface area (Å²) in [7, 11) is 0. The van der Waals surface area contributed by atoms with Crippen molar-refractivity contribution in [3.8, 4) is 11.4 Å². The van der Waals surface area contributed by atoms with Crippen LogP contribution in [0.1, 0.15) is 18.9 Å². The molecule has 0 aliphatic heterocycles. The summed E-state index contributed by atoms with van der Waals surface area (Å²) in [4.78, 5) is 0. The zero-order valence-corrected chi connectivity index (χ0v) is 10.1. The van der Waals surface area contributed by atoms with Gasteiger partial charge in [0.15, 0.2) is 5.82 Å². The first-order valence-electron chi connectivity index (χ1n) is 5.68. The van der Waals surface area contributed by atoms with Crippen molar-refractivity contribution in [1.82, 2.24) is 14.8 Å². The molecule has 19 heavy (non-hydrogen) atoms. The molecule has 0 N–H and O–H groups in total. The van der Waals surface area contributed by atoms with Crippen LogP contribution in [-0.4, -0.2) is 14.8 Å². The van der Waals surface area contributed by atoms with E-state index in [-0.39, 0.29) is 5.56 Å². The van der Waals surface area contributed by atoms with Gasteiger partial charge in [0, 0.05) is 12.1 Å². The van der Waals surface area contributed by atoms with Crippen molar-refractivity contribution >= 4 is 0 Å². The third-order valence-electron chi connectivity index (χ3n) is 2.61. The summed E-state index contributed by atoms with van der Waals surface area (Å²) in [5.41, 5.74) is -1.10. The second kappa shape index (κ2) is 4.99. The number of hydrogen-bond donors (Lipinski definition) is 0. The average Bonchev–Trinajstić information content (AvgIpc) is 2.77. The molecular formula is C12H11F4N3. The molecule has 0 bridgehead atoms. The van der Waals surface area contributed by atoms with Gasteiger partial charge in [-0.05, 0) is 24.6 Å². The summed E-state index contributed by atoms with van der Waals surface area (Å²) < 4.78 is 52.7. The highest BCUT2D eigenvalue weighted by Gasteiger charge is 2.34. The van der Waals surface area contributed by atoms with Gasteiger partial charge in [0.25, 0.3) is 0 Å². The lowest BCUT2D eigenvalue weighted by Crippen LogP contribution is -2.09. The number of alkyl halides is 3. The average molecular weight is 273 g/mol. The molecule has 0 atom stereocenters. The molecule has 102 valence electrons. The monoisotopic (exact) mass is 273 g/mol. The fourth-order valence-electron chi connectivity index (χ4n) is 1.76. The van der Waals surface area contributed by atoms with Crippen LogP contribution >= 0.6 is 0 Å². The number of nitrogens with zero attached hydrogens (tertiary/aromatic N) is 3. The molecule has 2 aromatic rings. The Balaban J connectivity index is 2.49. The van der Waals surface area contributed by atoms with Crippen molar-refractivity contribution in [3.63, 3.8) is 0 Å². The lowest BCUT2D eigenvalue weighted by molar-refractivity contribution is -0.139. The molecule has 0 aliphatic carbocycles. The number of hydrogen-bond acceptors (Lipinski definition) is 2. The van der Waals surface area contributed by atoms with Crippen molar-refractivity contribution < 1.29 is 17.6 Å². The van der Waals surface area contributed by atoms with E-state index in [0.29, 0.717) is 12.4 Å². The Labute approximate surface area is 106 Å². The van der Waals surface area contributed by atoms with Crippen LogP contribution in [0, 0.1) is 5.82 Å². The second-order valence-electron chi connectivity index (χ2n) is 4.04.